The summed E-state index contributed by atoms with van der Waals surface area (Å²) in [5.74, 6) is 1.94. The molecule has 0 bridgehead atoms. The molecule has 7 nitrogen and oxygen atoms in total. The molecule has 0 saturated carbocycles. The summed E-state index contributed by atoms with van der Waals surface area (Å²) in [6, 6.07) is 20.1. The fourth-order valence-electron chi connectivity index (χ4n) is 2.87. The Morgan fingerprint density at radius 1 is 0.774 bits per heavy atom. The Balaban J connectivity index is 1.46. The van der Waals surface area contributed by atoms with E-state index in [1.54, 1.807) is 41.8 Å². The van der Waals surface area contributed by atoms with Crippen LogP contribution < -0.4 is 15.4 Å². The Kier molecular flexibility index (Phi) is 5.88. The lowest BCUT2D eigenvalue weighted by molar-refractivity contribution is 0.603. The van der Waals surface area contributed by atoms with Crippen molar-refractivity contribution < 1.29 is 8.42 Å². The van der Waals surface area contributed by atoms with Crippen LogP contribution in [-0.4, -0.2) is 18.4 Å². The molecule has 31 heavy (non-hydrogen) atoms. The average Bonchev–Trinajstić information content (AvgIpc) is 3.27. The van der Waals surface area contributed by atoms with Crippen LogP contribution in [0.3, 0.4) is 0 Å². The van der Waals surface area contributed by atoms with Crippen LogP contribution in [0, 0.1) is 13.8 Å². The first-order chi connectivity index (χ1) is 14.9. The van der Waals surface area contributed by atoms with Gasteiger partial charge in [0.15, 0.2) is 0 Å². The number of nitrogens with one attached hydrogen (secondary N) is 3. The molecule has 0 saturated heterocycles. The molecule has 0 unspecified atom stereocenters. The minimum atomic E-state index is -3.57. The molecule has 2 aromatic heterocycles. The number of benzene rings is 2. The van der Waals surface area contributed by atoms with Crippen molar-refractivity contribution in [1.82, 2.24) is 9.97 Å². The Bertz CT molecular complexity index is 1270. The third-order valence-electron chi connectivity index (χ3n) is 4.33. The van der Waals surface area contributed by atoms with Gasteiger partial charge in [-0.2, -0.15) is 0 Å². The van der Waals surface area contributed by atoms with Crippen LogP contribution in [0.5, 0.6) is 0 Å². The highest BCUT2D eigenvalue weighted by Crippen LogP contribution is 2.24. The second-order valence-corrected chi connectivity index (χ2v) is 9.77. The maximum Gasteiger partial charge on any atom is 0.271 e. The number of hydrogen-bond acceptors (Lipinski definition) is 7. The van der Waals surface area contributed by atoms with Gasteiger partial charge in [0.05, 0.1) is 0 Å². The quantitative estimate of drug-likeness (QED) is 0.346. The van der Waals surface area contributed by atoms with Gasteiger partial charge in [0.25, 0.3) is 10.0 Å². The fraction of sp³-hybridized carbons (Fsp3) is 0.0909. The minimum Gasteiger partial charge on any atom is -0.340 e. The van der Waals surface area contributed by atoms with Crippen molar-refractivity contribution in [3.05, 3.63) is 83.5 Å². The van der Waals surface area contributed by atoms with E-state index >= 15 is 0 Å². The topological polar surface area (TPSA) is 96.0 Å². The van der Waals surface area contributed by atoms with Crippen molar-refractivity contribution >= 4 is 50.1 Å². The van der Waals surface area contributed by atoms with E-state index in [1.165, 1.54) is 16.9 Å². The molecular formula is C22H21N5O2S2. The van der Waals surface area contributed by atoms with Gasteiger partial charge in [-0.15, -0.1) is 11.3 Å². The second-order valence-electron chi connectivity index (χ2n) is 6.92. The third kappa shape index (κ3) is 5.39. The SMILES string of the molecule is Cc1ccc(Nc2cc(Nc3ccc(NS(=O)(=O)c4cccs4)cc3)nc(C)n2)cc1. The Labute approximate surface area is 185 Å². The molecular weight excluding hydrogens is 430 g/mol. The van der Waals surface area contributed by atoms with Gasteiger partial charge in [-0.1, -0.05) is 23.8 Å². The van der Waals surface area contributed by atoms with E-state index in [2.05, 4.69) is 25.3 Å². The van der Waals surface area contributed by atoms with Crippen molar-refractivity contribution in [2.24, 2.45) is 0 Å². The van der Waals surface area contributed by atoms with Gasteiger partial charge in [-0.25, -0.2) is 18.4 Å². The van der Waals surface area contributed by atoms with Gasteiger partial charge in [0.2, 0.25) is 0 Å². The van der Waals surface area contributed by atoms with Gasteiger partial charge in [0, 0.05) is 23.1 Å². The molecule has 0 fully saturated rings. The highest BCUT2D eigenvalue weighted by molar-refractivity contribution is 7.94. The first kappa shape index (κ1) is 20.8. The number of nitrogens with zero attached hydrogens (tertiary/aromatic N) is 2. The van der Waals surface area contributed by atoms with E-state index < -0.39 is 10.0 Å². The highest BCUT2D eigenvalue weighted by atomic mass is 32.2. The van der Waals surface area contributed by atoms with Gasteiger partial charge in [0.1, 0.15) is 21.7 Å². The molecule has 4 aromatic rings. The predicted octanol–water partition coefficient (Wildman–Crippen LogP) is 5.44. The molecule has 0 atom stereocenters. The summed E-state index contributed by atoms with van der Waals surface area (Å²) in [6.07, 6.45) is 0. The zero-order valence-electron chi connectivity index (χ0n) is 17.0. The first-order valence-electron chi connectivity index (χ1n) is 9.50. The first-order valence-corrected chi connectivity index (χ1v) is 11.9. The summed E-state index contributed by atoms with van der Waals surface area (Å²) < 4.78 is 27.5. The van der Waals surface area contributed by atoms with Crippen LogP contribution in [-0.2, 0) is 10.0 Å². The standard InChI is InChI=1S/C22H21N5O2S2/c1-15-5-7-17(8-6-15)25-20-14-21(24-16(2)23-20)26-18-9-11-19(12-10-18)27-31(28,29)22-4-3-13-30-22/h3-14,27H,1-2H3,(H2,23,24,25,26). The molecule has 0 amide bonds. The number of sulfonamides is 1. The fourth-order valence-corrected chi connectivity index (χ4v) is 4.92. The maximum atomic E-state index is 12.3. The normalized spacial score (nSPS) is 11.2. The monoisotopic (exact) mass is 451 g/mol. The summed E-state index contributed by atoms with van der Waals surface area (Å²) in [4.78, 5) is 8.86. The molecule has 4 rings (SSSR count). The van der Waals surface area contributed by atoms with E-state index in [9.17, 15) is 8.42 Å². The number of aromatic nitrogens is 2. The molecule has 0 aliphatic rings. The van der Waals surface area contributed by atoms with E-state index in [1.807, 2.05) is 44.2 Å². The number of aryl methyl sites for hydroxylation is 2. The van der Waals surface area contributed by atoms with Crippen molar-refractivity contribution in [3.63, 3.8) is 0 Å². The maximum absolute atomic E-state index is 12.3. The Morgan fingerprint density at radius 2 is 1.32 bits per heavy atom. The Hall–Kier alpha value is -3.43. The average molecular weight is 452 g/mol. The van der Waals surface area contributed by atoms with Crippen LogP contribution in [0.4, 0.5) is 28.7 Å². The van der Waals surface area contributed by atoms with Gasteiger partial charge in [-0.05, 0) is 61.7 Å². The van der Waals surface area contributed by atoms with E-state index in [0.29, 0.717) is 23.1 Å². The lowest BCUT2D eigenvalue weighted by Gasteiger charge is -2.11. The van der Waals surface area contributed by atoms with Crippen molar-refractivity contribution in [2.75, 3.05) is 15.4 Å². The van der Waals surface area contributed by atoms with E-state index in [-0.39, 0.29) is 4.21 Å². The summed E-state index contributed by atoms with van der Waals surface area (Å²) in [7, 11) is -3.57. The third-order valence-corrected chi connectivity index (χ3v) is 7.11. The second kappa shape index (κ2) is 8.75. The summed E-state index contributed by atoms with van der Waals surface area (Å²) in [5, 5.41) is 8.24. The number of thiophene rings is 1. The van der Waals surface area contributed by atoms with Crippen molar-refractivity contribution in [2.45, 2.75) is 18.1 Å². The summed E-state index contributed by atoms with van der Waals surface area (Å²) >= 11 is 1.17. The minimum absolute atomic E-state index is 0.278. The van der Waals surface area contributed by atoms with Crippen LogP contribution in [0.15, 0.2) is 76.3 Å². The van der Waals surface area contributed by atoms with Gasteiger partial charge < -0.3 is 10.6 Å². The van der Waals surface area contributed by atoms with Gasteiger partial charge in [-0.3, -0.25) is 4.72 Å². The summed E-state index contributed by atoms with van der Waals surface area (Å²) in [6.45, 7) is 3.87. The zero-order chi connectivity index (χ0) is 21.8. The molecule has 2 aromatic carbocycles. The molecule has 0 aliphatic heterocycles. The number of anilines is 5. The molecule has 0 spiro atoms. The lowest BCUT2D eigenvalue weighted by Crippen LogP contribution is -2.11. The summed E-state index contributed by atoms with van der Waals surface area (Å²) in [5.41, 5.74) is 3.39. The predicted molar refractivity (Wildman–Crippen MR) is 126 cm³/mol. The largest absolute Gasteiger partial charge is 0.340 e. The molecule has 0 radical (unpaired) electrons. The Morgan fingerprint density at radius 3 is 1.87 bits per heavy atom. The van der Waals surface area contributed by atoms with Crippen LogP contribution in [0.25, 0.3) is 0 Å². The number of hydrogen-bond donors (Lipinski definition) is 3. The van der Waals surface area contributed by atoms with Gasteiger partial charge >= 0.3 is 0 Å². The molecule has 158 valence electrons. The molecule has 3 N–H and O–H groups in total. The zero-order valence-corrected chi connectivity index (χ0v) is 18.6. The lowest BCUT2D eigenvalue weighted by atomic mass is 10.2. The molecule has 9 heteroatoms. The van der Waals surface area contributed by atoms with Crippen molar-refractivity contribution in [3.8, 4) is 0 Å². The van der Waals surface area contributed by atoms with Crippen LogP contribution >= 0.6 is 11.3 Å². The smallest absolute Gasteiger partial charge is 0.271 e. The van der Waals surface area contributed by atoms with Crippen molar-refractivity contribution in [1.29, 1.82) is 0 Å². The van der Waals surface area contributed by atoms with Crippen LogP contribution in [0.2, 0.25) is 0 Å². The molecule has 2 heterocycles. The van der Waals surface area contributed by atoms with Crippen LogP contribution in [0.1, 0.15) is 11.4 Å². The number of rotatable bonds is 7. The van der Waals surface area contributed by atoms with E-state index in [4.69, 9.17) is 0 Å². The molecule has 0 aliphatic carbocycles. The highest BCUT2D eigenvalue weighted by Gasteiger charge is 2.15. The van der Waals surface area contributed by atoms with E-state index in [0.717, 1.165) is 11.4 Å².